The van der Waals surface area contributed by atoms with Gasteiger partial charge in [0.15, 0.2) is 0 Å². The van der Waals surface area contributed by atoms with Crippen LogP contribution in [0.15, 0.2) is 12.8 Å². The van der Waals surface area contributed by atoms with Crippen LogP contribution in [0.5, 0.6) is 0 Å². The molecule has 0 aromatic heterocycles. The van der Waals surface area contributed by atoms with E-state index in [1.165, 1.54) is 0 Å². The number of aliphatic hydroxyl groups is 1. The van der Waals surface area contributed by atoms with E-state index in [0.29, 0.717) is 5.92 Å². The second kappa shape index (κ2) is 3.48. The summed E-state index contributed by atoms with van der Waals surface area (Å²) < 4.78 is 0. The summed E-state index contributed by atoms with van der Waals surface area (Å²) in [4.78, 5) is 2.21. The van der Waals surface area contributed by atoms with Crippen molar-refractivity contribution >= 4 is 0 Å². The Labute approximate surface area is 74.9 Å². The van der Waals surface area contributed by atoms with Crippen LogP contribution in [0.1, 0.15) is 26.7 Å². The lowest BCUT2D eigenvalue weighted by atomic mass is 9.83. The van der Waals surface area contributed by atoms with Gasteiger partial charge < -0.3 is 10.0 Å². The summed E-state index contributed by atoms with van der Waals surface area (Å²) in [6, 6.07) is 0. The Bertz CT molecular complexity index is 152. The molecule has 0 radical (unpaired) electrons. The Balaban J connectivity index is 2.41. The third-order valence-corrected chi connectivity index (χ3v) is 2.79. The Morgan fingerprint density at radius 3 is 2.25 bits per heavy atom. The second-order valence-corrected chi connectivity index (χ2v) is 4.15. The molecule has 1 rings (SSSR count). The van der Waals surface area contributed by atoms with Crippen molar-refractivity contribution in [2.24, 2.45) is 5.92 Å². The predicted molar refractivity (Wildman–Crippen MR) is 50.8 cm³/mol. The molecule has 0 aromatic carbocycles. The molecule has 1 N–H and O–H groups in total. The van der Waals surface area contributed by atoms with Crippen LogP contribution in [-0.4, -0.2) is 28.7 Å². The third-order valence-electron chi connectivity index (χ3n) is 2.79. The highest BCUT2D eigenvalue weighted by molar-refractivity contribution is 4.85. The van der Waals surface area contributed by atoms with Gasteiger partial charge in [0.1, 0.15) is 0 Å². The number of likely N-dealkylation sites (tertiary alicyclic amines) is 1. The van der Waals surface area contributed by atoms with Crippen molar-refractivity contribution in [3.05, 3.63) is 12.8 Å². The lowest BCUT2D eigenvalue weighted by Crippen LogP contribution is -2.39. The first-order chi connectivity index (χ1) is 5.54. The van der Waals surface area contributed by atoms with E-state index >= 15 is 0 Å². The normalized spacial score (nSPS) is 21.1. The highest BCUT2D eigenvalue weighted by atomic mass is 16.3. The SMILES string of the molecule is C=CN1CCC(C(C)(C)O)CC1. The largest absolute Gasteiger partial charge is 0.390 e. The zero-order valence-corrected chi connectivity index (χ0v) is 8.08. The minimum Gasteiger partial charge on any atom is -0.390 e. The van der Waals surface area contributed by atoms with Crippen molar-refractivity contribution in [1.29, 1.82) is 0 Å². The van der Waals surface area contributed by atoms with Crippen LogP contribution in [0.3, 0.4) is 0 Å². The van der Waals surface area contributed by atoms with Gasteiger partial charge in [0.05, 0.1) is 5.60 Å². The molecule has 0 spiro atoms. The number of hydrogen-bond acceptors (Lipinski definition) is 2. The van der Waals surface area contributed by atoms with Crippen LogP contribution < -0.4 is 0 Å². The van der Waals surface area contributed by atoms with Gasteiger partial charge in [-0.1, -0.05) is 6.58 Å². The van der Waals surface area contributed by atoms with Crippen LogP contribution in [-0.2, 0) is 0 Å². The highest BCUT2D eigenvalue weighted by Crippen LogP contribution is 2.27. The number of rotatable bonds is 2. The average Bonchev–Trinajstić information content (AvgIpc) is 2.03. The fourth-order valence-corrected chi connectivity index (χ4v) is 1.79. The van der Waals surface area contributed by atoms with Gasteiger partial charge in [-0.2, -0.15) is 0 Å². The summed E-state index contributed by atoms with van der Waals surface area (Å²) >= 11 is 0. The van der Waals surface area contributed by atoms with Gasteiger partial charge in [-0.15, -0.1) is 0 Å². The Morgan fingerprint density at radius 2 is 1.92 bits per heavy atom. The van der Waals surface area contributed by atoms with Gasteiger partial charge in [-0.05, 0) is 38.8 Å². The van der Waals surface area contributed by atoms with Gasteiger partial charge in [0.25, 0.3) is 0 Å². The summed E-state index contributed by atoms with van der Waals surface area (Å²) in [5, 5.41) is 9.76. The molecule has 0 aromatic rings. The number of hydrogen-bond donors (Lipinski definition) is 1. The van der Waals surface area contributed by atoms with E-state index in [9.17, 15) is 5.11 Å². The van der Waals surface area contributed by atoms with Crippen LogP contribution in [0.2, 0.25) is 0 Å². The summed E-state index contributed by atoms with van der Waals surface area (Å²) in [6.07, 6.45) is 4.05. The third kappa shape index (κ3) is 2.24. The topological polar surface area (TPSA) is 23.5 Å². The molecule has 2 nitrogen and oxygen atoms in total. The minimum absolute atomic E-state index is 0.452. The molecule has 0 saturated carbocycles. The van der Waals surface area contributed by atoms with Crippen LogP contribution in [0, 0.1) is 5.92 Å². The van der Waals surface area contributed by atoms with E-state index in [2.05, 4.69) is 11.5 Å². The zero-order valence-electron chi connectivity index (χ0n) is 8.08. The molecule has 0 unspecified atom stereocenters. The van der Waals surface area contributed by atoms with Crippen LogP contribution in [0.4, 0.5) is 0 Å². The molecule has 1 aliphatic rings. The van der Waals surface area contributed by atoms with Gasteiger partial charge in [0, 0.05) is 13.1 Å². The van der Waals surface area contributed by atoms with Crippen molar-refractivity contribution in [3.8, 4) is 0 Å². The maximum Gasteiger partial charge on any atom is 0.0621 e. The van der Waals surface area contributed by atoms with E-state index in [-0.39, 0.29) is 0 Å². The number of piperidine rings is 1. The fraction of sp³-hybridized carbons (Fsp3) is 0.800. The van der Waals surface area contributed by atoms with Crippen molar-refractivity contribution < 1.29 is 5.11 Å². The first kappa shape index (κ1) is 9.59. The summed E-state index contributed by atoms with van der Waals surface area (Å²) in [7, 11) is 0. The van der Waals surface area contributed by atoms with Gasteiger partial charge in [-0.3, -0.25) is 0 Å². The Hall–Kier alpha value is -0.500. The Morgan fingerprint density at radius 1 is 1.42 bits per heavy atom. The van der Waals surface area contributed by atoms with E-state index in [4.69, 9.17) is 0 Å². The van der Waals surface area contributed by atoms with Gasteiger partial charge >= 0.3 is 0 Å². The molecule has 12 heavy (non-hydrogen) atoms. The minimum atomic E-state index is -0.507. The van der Waals surface area contributed by atoms with Crippen molar-refractivity contribution in [2.45, 2.75) is 32.3 Å². The van der Waals surface area contributed by atoms with Gasteiger partial charge in [-0.25, -0.2) is 0 Å². The molecule has 0 bridgehead atoms. The molecular weight excluding hydrogens is 150 g/mol. The molecular formula is C10H19NO. The van der Waals surface area contributed by atoms with Crippen molar-refractivity contribution in [2.75, 3.05) is 13.1 Å². The lowest BCUT2D eigenvalue weighted by Gasteiger charge is -2.37. The Kier molecular flexibility index (Phi) is 2.78. The van der Waals surface area contributed by atoms with E-state index in [1.807, 2.05) is 20.0 Å². The summed E-state index contributed by atoms with van der Waals surface area (Å²) in [5.41, 5.74) is -0.507. The maximum atomic E-state index is 9.76. The molecule has 1 fully saturated rings. The molecule has 1 saturated heterocycles. The molecule has 0 atom stereocenters. The molecule has 2 heteroatoms. The van der Waals surface area contributed by atoms with Gasteiger partial charge in [0.2, 0.25) is 0 Å². The molecule has 0 amide bonds. The first-order valence-corrected chi connectivity index (χ1v) is 4.63. The highest BCUT2D eigenvalue weighted by Gasteiger charge is 2.29. The standard InChI is InChI=1S/C10H19NO/c1-4-11-7-5-9(6-8-11)10(2,3)12/h4,9,12H,1,5-8H2,2-3H3. The van der Waals surface area contributed by atoms with Crippen LogP contribution >= 0.6 is 0 Å². The second-order valence-electron chi connectivity index (χ2n) is 4.15. The lowest BCUT2D eigenvalue weighted by molar-refractivity contribution is -0.00695. The maximum absolute atomic E-state index is 9.76. The van der Waals surface area contributed by atoms with Crippen LogP contribution in [0.25, 0.3) is 0 Å². The molecule has 1 heterocycles. The molecule has 0 aliphatic carbocycles. The van der Waals surface area contributed by atoms with E-state index < -0.39 is 5.60 Å². The molecule has 70 valence electrons. The zero-order chi connectivity index (χ0) is 9.19. The quantitative estimate of drug-likeness (QED) is 0.679. The number of nitrogens with zero attached hydrogens (tertiary/aromatic N) is 1. The summed E-state index contributed by atoms with van der Waals surface area (Å²) in [5.74, 6) is 0.452. The average molecular weight is 169 g/mol. The molecule has 1 aliphatic heterocycles. The fourth-order valence-electron chi connectivity index (χ4n) is 1.79. The summed E-state index contributed by atoms with van der Waals surface area (Å²) in [6.45, 7) is 9.62. The van der Waals surface area contributed by atoms with Crippen molar-refractivity contribution in [1.82, 2.24) is 4.90 Å². The van der Waals surface area contributed by atoms with Crippen molar-refractivity contribution in [3.63, 3.8) is 0 Å². The van der Waals surface area contributed by atoms with E-state index in [0.717, 1.165) is 25.9 Å². The predicted octanol–water partition coefficient (Wildman–Crippen LogP) is 1.61. The monoisotopic (exact) mass is 169 g/mol. The smallest absolute Gasteiger partial charge is 0.0621 e. The van der Waals surface area contributed by atoms with E-state index in [1.54, 1.807) is 0 Å². The first-order valence-electron chi connectivity index (χ1n) is 4.63.